The highest BCUT2D eigenvalue weighted by Crippen LogP contribution is 2.38. The van der Waals surface area contributed by atoms with E-state index in [0.29, 0.717) is 40.9 Å². The number of rotatable bonds is 3. The van der Waals surface area contributed by atoms with Gasteiger partial charge < -0.3 is 14.2 Å². The number of ether oxygens (including phenoxy) is 3. The van der Waals surface area contributed by atoms with Crippen LogP contribution in [0, 0.1) is 11.3 Å². The Kier molecular flexibility index (Phi) is 4.35. The van der Waals surface area contributed by atoms with Gasteiger partial charge in [-0.1, -0.05) is 23.7 Å². The summed E-state index contributed by atoms with van der Waals surface area (Å²) in [5.74, 6) is 0.379. The van der Waals surface area contributed by atoms with E-state index in [4.69, 9.17) is 31.1 Å². The van der Waals surface area contributed by atoms with Gasteiger partial charge in [-0.05, 0) is 29.8 Å². The molecule has 1 aliphatic rings. The number of benzene rings is 2. The van der Waals surface area contributed by atoms with Crippen LogP contribution in [-0.2, 0) is 11.3 Å². The second kappa shape index (κ2) is 6.59. The van der Waals surface area contributed by atoms with Crippen LogP contribution in [-0.4, -0.2) is 19.2 Å². The van der Waals surface area contributed by atoms with Crippen LogP contribution in [0.5, 0.6) is 11.5 Å². The van der Waals surface area contributed by atoms with Crippen LogP contribution in [0.3, 0.4) is 0 Å². The molecule has 0 saturated heterocycles. The fraction of sp³-hybridized carbons (Fsp3) is 0.176. The molecule has 6 heteroatoms. The van der Waals surface area contributed by atoms with Crippen molar-refractivity contribution in [3.05, 3.63) is 58.1 Å². The zero-order valence-electron chi connectivity index (χ0n) is 12.0. The van der Waals surface area contributed by atoms with Crippen molar-refractivity contribution < 1.29 is 19.0 Å². The minimum Gasteiger partial charge on any atom is -0.486 e. The fourth-order valence-electron chi connectivity index (χ4n) is 2.14. The molecule has 1 aliphatic heterocycles. The molecule has 0 fully saturated rings. The quantitative estimate of drug-likeness (QED) is 0.808. The van der Waals surface area contributed by atoms with E-state index in [2.05, 4.69) is 0 Å². The number of esters is 1. The Bertz CT molecular complexity index is 780. The Morgan fingerprint density at radius 3 is 2.70 bits per heavy atom. The van der Waals surface area contributed by atoms with Gasteiger partial charge in [0.2, 0.25) is 0 Å². The van der Waals surface area contributed by atoms with Gasteiger partial charge in [0.05, 0.1) is 22.2 Å². The lowest BCUT2D eigenvalue weighted by Crippen LogP contribution is -2.16. The van der Waals surface area contributed by atoms with Gasteiger partial charge in [-0.2, -0.15) is 5.26 Å². The van der Waals surface area contributed by atoms with Gasteiger partial charge in [0.1, 0.15) is 19.8 Å². The van der Waals surface area contributed by atoms with E-state index in [0.717, 1.165) is 5.56 Å². The van der Waals surface area contributed by atoms with E-state index >= 15 is 0 Å². The van der Waals surface area contributed by atoms with Crippen molar-refractivity contribution in [1.82, 2.24) is 0 Å². The Morgan fingerprint density at radius 2 is 1.96 bits per heavy atom. The summed E-state index contributed by atoms with van der Waals surface area (Å²) >= 11 is 6.10. The second-order valence-electron chi connectivity index (χ2n) is 4.87. The first-order valence-corrected chi connectivity index (χ1v) is 7.30. The van der Waals surface area contributed by atoms with Gasteiger partial charge in [0.25, 0.3) is 0 Å². The molecule has 116 valence electrons. The maximum atomic E-state index is 12.1. The largest absolute Gasteiger partial charge is 0.486 e. The first-order valence-electron chi connectivity index (χ1n) is 6.92. The smallest absolute Gasteiger partial charge is 0.338 e. The molecule has 0 radical (unpaired) electrons. The molecular formula is C17H12ClNO4. The molecule has 2 aromatic carbocycles. The van der Waals surface area contributed by atoms with E-state index < -0.39 is 5.97 Å². The average Bonchev–Trinajstić information content (AvgIpc) is 2.60. The highest BCUT2D eigenvalue weighted by molar-refractivity contribution is 6.32. The van der Waals surface area contributed by atoms with Crippen molar-refractivity contribution in [3.63, 3.8) is 0 Å². The summed E-state index contributed by atoms with van der Waals surface area (Å²) in [7, 11) is 0. The number of carbonyl (C=O) groups excluding carboxylic acids is 1. The maximum absolute atomic E-state index is 12.1. The first-order chi connectivity index (χ1) is 11.2. The number of halogens is 1. The van der Waals surface area contributed by atoms with Crippen molar-refractivity contribution in [2.75, 3.05) is 13.2 Å². The molecule has 1 heterocycles. The molecule has 0 bridgehead atoms. The van der Waals surface area contributed by atoms with Crippen LogP contribution in [0.4, 0.5) is 0 Å². The van der Waals surface area contributed by atoms with Crippen molar-refractivity contribution in [2.24, 2.45) is 0 Å². The molecule has 0 spiro atoms. The lowest BCUT2D eigenvalue weighted by atomic mass is 10.1. The monoisotopic (exact) mass is 329 g/mol. The van der Waals surface area contributed by atoms with Crippen LogP contribution in [0.15, 0.2) is 36.4 Å². The summed E-state index contributed by atoms with van der Waals surface area (Å²) in [6.07, 6.45) is 0. The minimum absolute atomic E-state index is 0.108. The van der Waals surface area contributed by atoms with E-state index in [1.54, 1.807) is 30.3 Å². The molecule has 0 aliphatic carbocycles. The fourth-order valence-corrected chi connectivity index (χ4v) is 2.40. The van der Waals surface area contributed by atoms with Gasteiger partial charge >= 0.3 is 5.97 Å². The number of nitriles is 1. The molecule has 0 saturated carbocycles. The maximum Gasteiger partial charge on any atom is 0.338 e. The molecule has 0 N–H and O–H groups in total. The van der Waals surface area contributed by atoms with Gasteiger partial charge in [-0.3, -0.25) is 0 Å². The molecule has 5 nitrogen and oxygen atoms in total. The molecule has 23 heavy (non-hydrogen) atoms. The lowest BCUT2D eigenvalue weighted by Gasteiger charge is -2.20. The van der Waals surface area contributed by atoms with Crippen molar-refractivity contribution in [3.8, 4) is 17.6 Å². The molecule has 2 aromatic rings. The van der Waals surface area contributed by atoms with Gasteiger partial charge in [0.15, 0.2) is 11.5 Å². The predicted octanol–water partition coefficient (Wildman–Crippen LogP) is 3.34. The van der Waals surface area contributed by atoms with Gasteiger partial charge in [0, 0.05) is 0 Å². The van der Waals surface area contributed by atoms with Crippen LogP contribution < -0.4 is 9.47 Å². The van der Waals surface area contributed by atoms with E-state index in [9.17, 15) is 4.79 Å². The summed E-state index contributed by atoms with van der Waals surface area (Å²) in [5.41, 5.74) is 1.65. The highest BCUT2D eigenvalue weighted by atomic mass is 35.5. The van der Waals surface area contributed by atoms with Crippen molar-refractivity contribution in [2.45, 2.75) is 6.61 Å². The molecular weight excluding hydrogens is 318 g/mol. The van der Waals surface area contributed by atoms with Gasteiger partial charge in [-0.25, -0.2) is 4.79 Å². The van der Waals surface area contributed by atoms with Crippen LogP contribution in [0.1, 0.15) is 21.5 Å². The molecule has 0 unspecified atom stereocenters. The third-order valence-electron chi connectivity index (χ3n) is 3.29. The topological polar surface area (TPSA) is 68.5 Å². The van der Waals surface area contributed by atoms with Crippen LogP contribution in [0.2, 0.25) is 5.02 Å². The van der Waals surface area contributed by atoms with E-state index in [1.807, 2.05) is 6.07 Å². The minimum atomic E-state index is -0.506. The summed E-state index contributed by atoms with van der Waals surface area (Å²) in [6, 6.07) is 11.9. The van der Waals surface area contributed by atoms with Gasteiger partial charge in [-0.15, -0.1) is 0 Å². The molecule has 3 rings (SSSR count). The lowest BCUT2D eigenvalue weighted by molar-refractivity contribution is 0.0471. The van der Waals surface area contributed by atoms with E-state index in [1.165, 1.54) is 6.07 Å². The highest BCUT2D eigenvalue weighted by Gasteiger charge is 2.20. The van der Waals surface area contributed by atoms with Crippen LogP contribution in [0.25, 0.3) is 0 Å². The Labute approximate surface area is 138 Å². The average molecular weight is 330 g/mol. The molecule has 0 aromatic heterocycles. The first kappa shape index (κ1) is 15.2. The number of carbonyl (C=O) groups is 1. The van der Waals surface area contributed by atoms with E-state index in [-0.39, 0.29) is 6.61 Å². The number of nitrogens with zero attached hydrogens (tertiary/aromatic N) is 1. The summed E-state index contributed by atoms with van der Waals surface area (Å²) in [6.45, 7) is 0.943. The van der Waals surface area contributed by atoms with Crippen LogP contribution >= 0.6 is 11.6 Å². The van der Waals surface area contributed by atoms with Crippen molar-refractivity contribution >= 4 is 17.6 Å². The Morgan fingerprint density at radius 1 is 1.22 bits per heavy atom. The molecule has 0 amide bonds. The number of hydrogen-bond donors (Lipinski definition) is 0. The third kappa shape index (κ3) is 3.38. The summed E-state index contributed by atoms with van der Waals surface area (Å²) < 4.78 is 16.1. The molecule has 0 atom stereocenters. The SMILES string of the molecule is N#Cc1ccc(COC(=O)c2cc(Cl)c3c(c2)OCCO3)cc1. The van der Waals surface area contributed by atoms with Crippen molar-refractivity contribution in [1.29, 1.82) is 5.26 Å². The Hall–Kier alpha value is -2.71. The predicted molar refractivity (Wildman–Crippen MR) is 82.7 cm³/mol. The second-order valence-corrected chi connectivity index (χ2v) is 5.27. The summed E-state index contributed by atoms with van der Waals surface area (Å²) in [5, 5.41) is 9.06. The number of hydrogen-bond acceptors (Lipinski definition) is 5. The standard InChI is InChI=1S/C17H12ClNO4/c18-14-7-13(8-15-16(14)22-6-5-21-15)17(20)23-10-12-3-1-11(9-19)2-4-12/h1-4,7-8H,5-6,10H2. The third-order valence-corrected chi connectivity index (χ3v) is 3.57. The summed E-state index contributed by atoms with van der Waals surface area (Å²) in [4.78, 5) is 12.1. The Balaban J connectivity index is 1.70. The number of fused-ring (bicyclic) bond motifs is 1. The normalized spacial score (nSPS) is 12.3. The zero-order valence-corrected chi connectivity index (χ0v) is 12.8. The zero-order chi connectivity index (χ0) is 16.2.